The molecular formula is C4H10BCl. The van der Waals surface area contributed by atoms with Crippen molar-refractivity contribution < 1.29 is 0 Å². The summed E-state index contributed by atoms with van der Waals surface area (Å²) in [7, 11) is 0. The minimum atomic E-state index is 0.827. The zero-order chi connectivity index (χ0) is 4.83. The van der Waals surface area contributed by atoms with Crippen molar-refractivity contribution in [1.29, 1.82) is 0 Å². The summed E-state index contributed by atoms with van der Waals surface area (Å²) < 4.78 is 0. The van der Waals surface area contributed by atoms with Crippen LogP contribution in [0.1, 0.15) is 19.8 Å². The van der Waals surface area contributed by atoms with E-state index in [9.17, 15) is 0 Å². The molecule has 0 saturated heterocycles. The van der Waals surface area contributed by atoms with Crippen LogP contribution >= 0.6 is 11.5 Å². The molecule has 6 heavy (non-hydrogen) atoms. The highest BCUT2D eigenvalue weighted by atomic mass is 35.5. The molecule has 0 heterocycles. The van der Waals surface area contributed by atoms with Crippen molar-refractivity contribution in [2.45, 2.75) is 26.1 Å². The molecule has 0 nitrogen and oxygen atoms in total. The van der Waals surface area contributed by atoms with Gasteiger partial charge in [0.05, 0.1) is 0 Å². The summed E-state index contributed by atoms with van der Waals surface area (Å²) in [5, 5.41) is 0. The number of hydrogen-bond donors (Lipinski definition) is 0. The maximum atomic E-state index is 5.38. The summed E-state index contributed by atoms with van der Waals surface area (Å²) in [5.74, 6) is 0. The Hall–Kier alpha value is 0.355. The Morgan fingerprint density at radius 1 is 1.67 bits per heavy atom. The SMILES string of the molecule is CCCCBCl. The van der Waals surface area contributed by atoms with Gasteiger partial charge < -0.3 is 0 Å². The molecule has 0 aliphatic heterocycles. The molecule has 0 aromatic heterocycles. The molecule has 0 amide bonds. The fourth-order valence-electron chi connectivity index (χ4n) is 0.344. The van der Waals surface area contributed by atoms with Crippen molar-refractivity contribution in [2.75, 3.05) is 0 Å². The van der Waals surface area contributed by atoms with Gasteiger partial charge in [-0.25, -0.2) is 11.5 Å². The van der Waals surface area contributed by atoms with E-state index < -0.39 is 0 Å². The first-order chi connectivity index (χ1) is 2.91. The van der Waals surface area contributed by atoms with Crippen LogP contribution in [0.5, 0.6) is 0 Å². The summed E-state index contributed by atoms with van der Waals surface area (Å²) in [6, 6.07) is 0. The van der Waals surface area contributed by atoms with E-state index in [2.05, 4.69) is 6.92 Å². The van der Waals surface area contributed by atoms with Crippen LogP contribution in [-0.2, 0) is 0 Å². The van der Waals surface area contributed by atoms with Gasteiger partial charge in [0.2, 0.25) is 6.69 Å². The molecule has 0 aliphatic rings. The Labute approximate surface area is 45.0 Å². The zero-order valence-corrected chi connectivity index (χ0v) is 4.96. The average Bonchev–Trinajstić information content (AvgIpc) is 1.61. The van der Waals surface area contributed by atoms with E-state index in [0.717, 1.165) is 6.69 Å². The molecule has 0 aromatic rings. The predicted molar refractivity (Wildman–Crippen MR) is 32.7 cm³/mol. The van der Waals surface area contributed by atoms with Gasteiger partial charge in [-0.05, 0) is 0 Å². The fourth-order valence-corrected chi connectivity index (χ4v) is 0.533. The molecule has 0 saturated carbocycles. The summed E-state index contributed by atoms with van der Waals surface area (Å²) in [6.07, 6.45) is 3.73. The van der Waals surface area contributed by atoms with Crippen LogP contribution in [0.4, 0.5) is 0 Å². The van der Waals surface area contributed by atoms with Gasteiger partial charge in [0.15, 0.2) is 0 Å². The highest BCUT2D eigenvalue weighted by Crippen LogP contribution is 1.93. The maximum Gasteiger partial charge on any atom is 0.233 e. The Morgan fingerprint density at radius 2 is 2.33 bits per heavy atom. The average molecular weight is 104 g/mol. The zero-order valence-electron chi connectivity index (χ0n) is 4.21. The van der Waals surface area contributed by atoms with E-state index in [-0.39, 0.29) is 0 Å². The highest BCUT2D eigenvalue weighted by Gasteiger charge is 1.80. The second kappa shape index (κ2) is 5.35. The molecule has 0 N–H and O–H groups in total. The molecule has 0 spiro atoms. The monoisotopic (exact) mass is 104 g/mol. The topological polar surface area (TPSA) is 0 Å². The van der Waals surface area contributed by atoms with Crippen molar-refractivity contribution in [3.8, 4) is 0 Å². The molecule has 0 unspecified atom stereocenters. The summed E-state index contributed by atoms with van der Waals surface area (Å²) in [4.78, 5) is 0. The third kappa shape index (κ3) is 4.35. The van der Waals surface area contributed by atoms with Crippen LogP contribution in [0.15, 0.2) is 0 Å². The van der Waals surface area contributed by atoms with Crippen LogP contribution < -0.4 is 0 Å². The fraction of sp³-hybridized carbons (Fsp3) is 1.00. The minimum Gasteiger partial charge on any atom is -0.201 e. The standard InChI is InChI=1S/C4H10BCl/c1-2-3-4-5-6/h5H,2-4H2,1H3. The van der Waals surface area contributed by atoms with Crippen molar-refractivity contribution in [3.63, 3.8) is 0 Å². The van der Waals surface area contributed by atoms with Crippen LogP contribution in [0, 0.1) is 0 Å². The molecular weight excluding hydrogens is 94.3 g/mol. The lowest BCUT2D eigenvalue weighted by Crippen LogP contribution is -1.73. The van der Waals surface area contributed by atoms with Crippen LogP contribution in [0.3, 0.4) is 0 Å². The first-order valence-corrected chi connectivity index (χ1v) is 3.01. The Kier molecular flexibility index (Phi) is 5.67. The molecule has 36 valence electrons. The Morgan fingerprint density at radius 3 is 2.50 bits per heavy atom. The summed E-state index contributed by atoms with van der Waals surface area (Å²) in [6.45, 7) is 3.00. The van der Waals surface area contributed by atoms with E-state index >= 15 is 0 Å². The quantitative estimate of drug-likeness (QED) is 0.378. The number of unbranched alkanes of at least 4 members (excludes halogenated alkanes) is 1. The van der Waals surface area contributed by atoms with Gasteiger partial charge in [0.1, 0.15) is 0 Å². The maximum absolute atomic E-state index is 5.38. The van der Waals surface area contributed by atoms with Crippen molar-refractivity contribution in [1.82, 2.24) is 0 Å². The molecule has 2 heteroatoms. The van der Waals surface area contributed by atoms with Gasteiger partial charge in [-0.15, -0.1) is 0 Å². The lowest BCUT2D eigenvalue weighted by atomic mass is 9.99. The van der Waals surface area contributed by atoms with Gasteiger partial charge in [0, 0.05) is 0 Å². The second-order valence-electron chi connectivity index (χ2n) is 1.40. The van der Waals surface area contributed by atoms with Gasteiger partial charge >= 0.3 is 0 Å². The first kappa shape index (κ1) is 6.35. The number of halogens is 1. The lowest BCUT2D eigenvalue weighted by molar-refractivity contribution is 0.882. The van der Waals surface area contributed by atoms with E-state index in [4.69, 9.17) is 11.5 Å². The van der Waals surface area contributed by atoms with Gasteiger partial charge in [0.25, 0.3) is 0 Å². The van der Waals surface area contributed by atoms with E-state index in [1.54, 1.807) is 0 Å². The smallest absolute Gasteiger partial charge is 0.201 e. The first-order valence-electron chi connectivity index (χ1n) is 2.47. The molecule has 0 fully saturated rings. The largest absolute Gasteiger partial charge is 0.233 e. The third-order valence-electron chi connectivity index (χ3n) is 0.737. The van der Waals surface area contributed by atoms with E-state index in [1.807, 2.05) is 0 Å². The summed E-state index contributed by atoms with van der Waals surface area (Å²) in [5.41, 5.74) is 0. The number of rotatable bonds is 3. The van der Waals surface area contributed by atoms with E-state index in [0.29, 0.717) is 0 Å². The van der Waals surface area contributed by atoms with Crippen molar-refractivity contribution in [2.24, 2.45) is 0 Å². The van der Waals surface area contributed by atoms with Crippen LogP contribution in [-0.4, -0.2) is 6.69 Å². The van der Waals surface area contributed by atoms with E-state index in [1.165, 1.54) is 19.2 Å². The van der Waals surface area contributed by atoms with Gasteiger partial charge in [-0.2, -0.15) is 0 Å². The van der Waals surface area contributed by atoms with Gasteiger partial charge in [-0.3, -0.25) is 0 Å². The van der Waals surface area contributed by atoms with Crippen LogP contribution in [0.2, 0.25) is 6.32 Å². The Bertz CT molecular complexity index is 19.5. The molecule has 0 aliphatic carbocycles. The lowest BCUT2D eigenvalue weighted by Gasteiger charge is -1.83. The predicted octanol–water partition coefficient (Wildman–Crippen LogP) is 1.80. The highest BCUT2D eigenvalue weighted by molar-refractivity contribution is 6.93. The number of hydrogen-bond acceptors (Lipinski definition) is 0. The molecule has 0 aromatic carbocycles. The minimum absolute atomic E-state index is 0.827. The van der Waals surface area contributed by atoms with Crippen LogP contribution in [0.25, 0.3) is 0 Å². The second-order valence-corrected chi connectivity index (χ2v) is 1.77. The van der Waals surface area contributed by atoms with Crippen molar-refractivity contribution in [3.05, 3.63) is 0 Å². The molecule has 0 bridgehead atoms. The third-order valence-corrected chi connectivity index (χ3v) is 1.00. The Balaban J connectivity index is 2.34. The molecule has 0 radical (unpaired) electrons. The normalized spacial score (nSPS) is 8.33. The van der Waals surface area contributed by atoms with Gasteiger partial charge in [-0.1, -0.05) is 26.1 Å². The summed E-state index contributed by atoms with van der Waals surface area (Å²) >= 11 is 5.38. The van der Waals surface area contributed by atoms with Crippen molar-refractivity contribution >= 4 is 18.2 Å². The molecule has 0 rings (SSSR count). The molecule has 0 atom stereocenters.